The van der Waals surface area contributed by atoms with Crippen LogP contribution in [0.15, 0.2) is 51.5 Å². The van der Waals surface area contributed by atoms with Gasteiger partial charge in [0.15, 0.2) is 18.8 Å². The third kappa shape index (κ3) is 6.02. The molecule has 0 radical (unpaired) electrons. The fourth-order valence-corrected chi connectivity index (χ4v) is 4.11. The zero-order valence-corrected chi connectivity index (χ0v) is 18.0. The molecule has 3 aromatic rings. The fraction of sp³-hybridized carbons (Fsp3) is 0.435. The van der Waals surface area contributed by atoms with Crippen molar-refractivity contribution in [3.63, 3.8) is 0 Å². The number of nitrogens with one attached hydrogen (secondary N) is 3. The third-order valence-electron chi connectivity index (χ3n) is 5.62. The van der Waals surface area contributed by atoms with E-state index in [0.717, 1.165) is 30.1 Å². The minimum absolute atomic E-state index is 0.0212. The highest BCUT2D eigenvalue weighted by atomic mass is 16.4. The Morgan fingerprint density at radius 1 is 1.16 bits per heavy atom. The van der Waals surface area contributed by atoms with Crippen LogP contribution in [0.5, 0.6) is 0 Å². The van der Waals surface area contributed by atoms with Crippen molar-refractivity contribution in [2.75, 3.05) is 31.5 Å². The van der Waals surface area contributed by atoms with Gasteiger partial charge >= 0.3 is 0 Å². The largest absolute Gasteiger partial charge is 0.459 e. The van der Waals surface area contributed by atoms with Crippen molar-refractivity contribution >= 4 is 11.6 Å². The lowest BCUT2D eigenvalue weighted by atomic mass is 10.2. The van der Waals surface area contributed by atoms with Gasteiger partial charge in [-0.15, -0.1) is 10.2 Å². The molecule has 1 unspecified atom stereocenters. The number of aromatic nitrogens is 2. The summed E-state index contributed by atoms with van der Waals surface area (Å²) in [4.78, 5) is 15.3. The molecule has 1 aliphatic rings. The molecule has 0 spiro atoms. The number of quaternary nitrogens is 2. The molecule has 1 fully saturated rings. The van der Waals surface area contributed by atoms with Gasteiger partial charge in [-0.05, 0) is 30.7 Å². The van der Waals surface area contributed by atoms with E-state index in [1.54, 1.807) is 23.3 Å². The maximum Gasteiger partial charge on any atom is 0.283 e. The Balaban J connectivity index is 1.30. The van der Waals surface area contributed by atoms with E-state index >= 15 is 0 Å². The zero-order valence-electron chi connectivity index (χ0n) is 18.0. The molecular formula is C23H31N5O3+2. The van der Waals surface area contributed by atoms with Crippen LogP contribution in [0.1, 0.15) is 37.6 Å². The molecule has 1 saturated heterocycles. The topological polar surface area (TPSA) is 90.0 Å². The first-order chi connectivity index (χ1) is 15.2. The summed E-state index contributed by atoms with van der Waals surface area (Å²) in [7, 11) is 0. The number of rotatable bonds is 10. The molecule has 1 atom stereocenters. The summed E-state index contributed by atoms with van der Waals surface area (Å²) in [6, 6.07) is 11.8. The van der Waals surface area contributed by atoms with Crippen LogP contribution in [0.25, 0.3) is 11.7 Å². The third-order valence-corrected chi connectivity index (χ3v) is 5.62. The molecule has 1 aliphatic heterocycles. The van der Waals surface area contributed by atoms with Crippen molar-refractivity contribution in [2.24, 2.45) is 0 Å². The zero-order chi connectivity index (χ0) is 21.5. The molecule has 0 bridgehead atoms. The Hall–Kier alpha value is -2.97. The molecule has 2 aromatic heterocycles. The molecule has 1 aromatic carbocycles. The molecule has 3 heterocycles. The fourth-order valence-electron chi connectivity index (χ4n) is 4.11. The van der Waals surface area contributed by atoms with E-state index in [9.17, 15) is 4.79 Å². The molecule has 3 N–H and O–H groups in total. The van der Waals surface area contributed by atoms with Gasteiger partial charge in [0.05, 0.1) is 25.9 Å². The minimum atomic E-state index is -0.0212. The van der Waals surface area contributed by atoms with Crippen LogP contribution in [-0.4, -0.2) is 42.3 Å². The molecule has 8 heteroatoms. The summed E-state index contributed by atoms with van der Waals surface area (Å²) in [6.07, 6.45) is 5.18. The van der Waals surface area contributed by atoms with Crippen molar-refractivity contribution in [1.82, 2.24) is 10.2 Å². The van der Waals surface area contributed by atoms with Gasteiger partial charge in [-0.1, -0.05) is 19.1 Å². The van der Waals surface area contributed by atoms with Gasteiger partial charge in [0.2, 0.25) is 0 Å². The number of amides is 1. The lowest BCUT2D eigenvalue weighted by molar-refractivity contribution is -0.907. The van der Waals surface area contributed by atoms with Crippen LogP contribution in [0, 0.1) is 0 Å². The number of benzene rings is 1. The van der Waals surface area contributed by atoms with Gasteiger partial charge in [0.1, 0.15) is 6.54 Å². The molecule has 31 heavy (non-hydrogen) atoms. The minimum Gasteiger partial charge on any atom is -0.459 e. The average molecular weight is 426 g/mol. The summed E-state index contributed by atoms with van der Waals surface area (Å²) in [5, 5.41) is 11.2. The van der Waals surface area contributed by atoms with Gasteiger partial charge in [-0.3, -0.25) is 4.79 Å². The van der Waals surface area contributed by atoms with Gasteiger partial charge in [-0.25, -0.2) is 0 Å². The van der Waals surface area contributed by atoms with Crippen molar-refractivity contribution < 1.29 is 23.4 Å². The quantitative estimate of drug-likeness (QED) is 0.450. The van der Waals surface area contributed by atoms with E-state index in [0.29, 0.717) is 30.6 Å². The van der Waals surface area contributed by atoms with Crippen LogP contribution in [0.4, 0.5) is 5.69 Å². The van der Waals surface area contributed by atoms with Crippen molar-refractivity contribution in [3.8, 4) is 11.7 Å². The van der Waals surface area contributed by atoms with Crippen molar-refractivity contribution in [3.05, 3.63) is 54.1 Å². The molecule has 4 rings (SSSR count). The second-order valence-corrected chi connectivity index (χ2v) is 8.21. The molecule has 0 saturated carbocycles. The highest BCUT2D eigenvalue weighted by Crippen LogP contribution is 2.17. The summed E-state index contributed by atoms with van der Waals surface area (Å²) in [6.45, 7) is 7.35. The number of carbonyl (C=O) groups excluding carboxylic acids is 1. The van der Waals surface area contributed by atoms with E-state index in [1.807, 2.05) is 12.1 Å². The lowest BCUT2D eigenvalue weighted by Gasteiger charge is -2.17. The van der Waals surface area contributed by atoms with E-state index in [2.05, 4.69) is 34.6 Å². The van der Waals surface area contributed by atoms with Gasteiger partial charge in [0.25, 0.3) is 17.7 Å². The van der Waals surface area contributed by atoms with Gasteiger partial charge < -0.3 is 24.0 Å². The normalized spacial score (nSPS) is 15.3. The summed E-state index contributed by atoms with van der Waals surface area (Å²) in [5.41, 5.74) is 2.15. The first-order valence-corrected chi connectivity index (χ1v) is 11.1. The number of furan rings is 1. The highest BCUT2D eigenvalue weighted by Gasteiger charge is 2.20. The Morgan fingerprint density at radius 3 is 2.68 bits per heavy atom. The van der Waals surface area contributed by atoms with Crippen LogP contribution in [-0.2, 0) is 17.9 Å². The summed E-state index contributed by atoms with van der Waals surface area (Å²) in [5.74, 6) is 1.38. The predicted octanol–water partition coefficient (Wildman–Crippen LogP) is 0.942. The van der Waals surface area contributed by atoms with Crippen LogP contribution < -0.4 is 15.1 Å². The maximum absolute atomic E-state index is 12.6. The first kappa shape index (κ1) is 21.3. The van der Waals surface area contributed by atoms with Gasteiger partial charge in [-0.2, -0.15) is 0 Å². The predicted molar refractivity (Wildman–Crippen MR) is 115 cm³/mol. The summed E-state index contributed by atoms with van der Waals surface area (Å²) >= 11 is 0. The number of nitrogens with zero attached hydrogens (tertiary/aromatic N) is 2. The average Bonchev–Trinajstić information content (AvgIpc) is 3.52. The lowest BCUT2D eigenvalue weighted by Crippen LogP contribution is -3.11. The molecule has 1 amide bonds. The first-order valence-electron chi connectivity index (χ1n) is 11.1. The van der Waals surface area contributed by atoms with E-state index in [1.165, 1.54) is 31.5 Å². The van der Waals surface area contributed by atoms with Crippen molar-refractivity contribution in [2.45, 2.75) is 39.3 Å². The van der Waals surface area contributed by atoms with E-state index < -0.39 is 0 Å². The maximum atomic E-state index is 12.6. The van der Waals surface area contributed by atoms with E-state index in [-0.39, 0.29) is 5.91 Å². The Morgan fingerprint density at radius 2 is 1.97 bits per heavy atom. The van der Waals surface area contributed by atoms with E-state index in [4.69, 9.17) is 8.83 Å². The van der Waals surface area contributed by atoms with Crippen LogP contribution in [0.3, 0.4) is 0 Å². The number of carbonyl (C=O) groups is 1. The number of likely N-dealkylation sites (tertiary alicyclic amines) is 1. The summed E-state index contributed by atoms with van der Waals surface area (Å²) < 4.78 is 11.0. The Labute approximate surface area is 182 Å². The van der Waals surface area contributed by atoms with Crippen LogP contribution in [0.2, 0.25) is 0 Å². The standard InChI is InChI=1S/C23H29N5O3/c1-2-11-28(17-22-25-26-23(31-22)20-6-5-14-30-20)16-21(29)24-19-9-7-18(8-10-19)15-27-12-3-4-13-27/h5-10,14H,2-4,11-13,15-17H2,1H3,(H,24,29)/p+2. The Bertz CT molecular complexity index is 946. The number of hydrogen-bond acceptors (Lipinski definition) is 5. The Kier molecular flexibility index (Phi) is 7.11. The molecule has 0 aliphatic carbocycles. The van der Waals surface area contributed by atoms with Crippen molar-refractivity contribution in [1.29, 1.82) is 0 Å². The molecular weight excluding hydrogens is 394 g/mol. The monoisotopic (exact) mass is 425 g/mol. The highest BCUT2D eigenvalue weighted by molar-refractivity contribution is 5.91. The van der Waals surface area contributed by atoms with Gasteiger partial charge in [0, 0.05) is 24.1 Å². The second kappa shape index (κ2) is 10.4. The number of hydrogen-bond donors (Lipinski definition) is 3. The molecule has 164 valence electrons. The second-order valence-electron chi connectivity index (χ2n) is 8.21. The number of anilines is 1. The van der Waals surface area contributed by atoms with Crippen LogP contribution >= 0.6 is 0 Å². The smallest absolute Gasteiger partial charge is 0.283 e. The SMILES string of the molecule is CCC[NH+](CC(=O)Nc1ccc(C[NH+]2CCCC2)cc1)Cc1nnc(-c2ccco2)o1. The molecule has 8 nitrogen and oxygen atoms in total.